The number of oxazole rings is 1. The Morgan fingerprint density at radius 2 is 0.808 bits per heavy atom. The first-order chi connectivity index (χ1) is 25.8. The third kappa shape index (κ3) is 5.19. The molecule has 10 rings (SSSR count). The number of benzene rings is 8. The number of hydrogen-bond acceptors (Lipinski definition) is 2. The summed E-state index contributed by atoms with van der Waals surface area (Å²) in [6.45, 7) is 0. The van der Waals surface area contributed by atoms with Gasteiger partial charge < -0.3 is 8.98 Å². The topological polar surface area (TPSA) is 31.0 Å². The van der Waals surface area contributed by atoms with Gasteiger partial charge in [-0.05, 0) is 87.5 Å². The van der Waals surface area contributed by atoms with Gasteiger partial charge in [0.1, 0.15) is 5.52 Å². The molecule has 8 aromatic carbocycles. The van der Waals surface area contributed by atoms with Crippen molar-refractivity contribution in [2.75, 3.05) is 0 Å². The lowest BCUT2D eigenvalue weighted by molar-refractivity contribution is 0.620. The Kier molecular flexibility index (Phi) is 7.14. The number of rotatable bonds is 6. The Hall–Kier alpha value is -6.97. The van der Waals surface area contributed by atoms with Crippen LogP contribution in [0.4, 0.5) is 0 Å². The monoisotopic (exact) mass is 664 g/mol. The van der Waals surface area contributed by atoms with Crippen LogP contribution in [0.15, 0.2) is 199 Å². The molecule has 0 saturated heterocycles. The zero-order chi connectivity index (χ0) is 34.4. The van der Waals surface area contributed by atoms with Gasteiger partial charge in [-0.15, -0.1) is 0 Å². The third-order valence-corrected chi connectivity index (χ3v) is 10.1. The van der Waals surface area contributed by atoms with E-state index in [0.29, 0.717) is 5.89 Å². The van der Waals surface area contributed by atoms with Crippen molar-refractivity contribution in [1.82, 2.24) is 9.55 Å². The van der Waals surface area contributed by atoms with Crippen molar-refractivity contribution in [2.45, 2.75) is 0 Å². The molecule has 10 aromatic rings. The second kappa shape index (κ2) is 12.4. The summed E-state index contributed by atoms with van der Waals surface area (Å²) in [6.07, 6.45) is 0. The standard InChI is InChI=1S/C49H32N2O/c1-3-11-33(12-4-1)35-19-21-37(22-20-35)40-31-44(38-25-23-36(24-26-38)34-13-5-2-6-14-34)48-47(32-40)52-49(50-48)39-27-29-41(30-28-39)51-45-17-9-7-15-42(45)43-16-8-10-18-46(43)51/h1-32H. The fraction of sp³-hybridized carbons (Fsp3) is 0. The maximum Gasteiger partial charge on any atom is 0.227 e. The summed E-state index contributed by atoms with van der Waals surface area (Å²) >= 11 is 0. The van der Waals surface area contributed by atoms with Crippen LogP contribution < -0.4 is 0 Å². The van der Waals surface area contributed by atoms with Gasteiger partial charge in [-0.2, -0.15) is 0 Å². The molecule has 244 valence electrons. The average molecular weight is 665 g/mol. The molecule has 3 heteroatoms. The normalized spacial score (nSPS) is 11.5. The largest absolute Gasteiger partial charge is 0.436 e. The molecule has 52 heavy (non-hydrogen) atoms. The SMILES string of the molecule is c1ccc(-c2ccc(-c3cc(-c4ccc(-c5ccccc5)cc4)c4nc(-c5ccc(-n6c7ccccc7c7ccccc76)cc5)oc4c3)cc2)cc1. The van der Waals surface area contributed by atoms with Gasteiger partial charge in [-0.25, -0.2) is 4.98 Å². The van der Waals surface area contributed by atoms with Crippen LogP contribution in [0.5, 0.6) is 0 Å². The van der Waals surface area contributed by atoms with E-state index in [0.717, 1.165) is 44.6 Å². The van der Waals surface area contributed by atoms with Crippen molar-refractivity contribution >= 4 is 32.9 Å². The highest BCUT2D eigenvalue weighted by Crippen LogP contribution is 2.38. The van der Waals surface area contributed by atoms with Crippen molar-refractivity contribution in [3.63, 3.8) is 0 Å². The first-order valence-electron chi connectivity index (χ1n) is 17.6. The maximum atomic E-state index is 6.62. The van der Waals surface area contributed by atoms with Crippen LogP contribution >= 0.6 is 0 Å². The van der Waals surface area contributed by atoms with E-state index < -0.39 is 0 Å². The van der Waals surface area contributed by atoms with Gasteiger partial charge in [-0.3, -0.25) is 0 Å². The van der Waals surface area contributed by atoms with Crippen molar-refractivity contribution in [3.05, 3.63) is 194 Å². The molecule has 0 aliphatic heterocycles. The fourth-order valence-electron chi connectivity index (χ4n) is 7.45. The van der Waals surface area contributed by atoms with Gasteiger partial charge in [-0.1, -0.05) is 146 Å². The smallest absolute Gasteiger partial charge is 0.227 e. The minimum absolute atomic E-state index is 0.600. The van der Waals surface area contributed by atoms with Gasteiger partial charge in [0, 0.05) is 27.6 Å². The molecule has 0 aliphatic carbocycles. The Morgan fingerprint density at radius 1 is 0.365 bits per heavy atom. The maximum absolute atomic E-state index is 6.62. The summed E-state index contributed by atoms with van der Waals surface area (Å²) in [5.74, 6) is 0.600. The predicted octanol–water partition coefficient (Wildman–Crippen LogP) is 13.3. The quantitative estimate of drug-likeness (QED) is 0.177. The van der Waals surface area contributed by atoms with Crippen molar-refractivity contribution in [3.8, 4) is 61.6 Å². The molecule has 0 bridgehead atoms. The van der Waals surface area contributed by atoms with Gasteiger partial charge in [0.05, 0.1) is 11.0 Å². The van der Waals surface area contributed by atoms with Crippen molar-refractivity contribution in [2.24, 2.45) is 0 Å². The summed E-state index contributed by atoms with van der Waals surface area (Å²) in [4.78, 5) is 5.15. The van der Waals surface area contributed by atoms with E-state index in [1.54, 1.807) is 0 Å². The molecule has 2 aromatic heterocycles. The molecule has 3 nitrogen and oxygen atoms in total. The Morgan fingerprint density at radius 3 is 1.37 bits per heavy atom. The first-order valence-corrected chi connectivity index (χ1v) is 17.6. The molecule has 0 saturated carbocycles. The summed E-state index contributed by atoms with van der Waals surface area (Å²) in [6, 6.07) is 68.6. The molecular formula is C49H32N2O. The molecule has 0 atom stereocenters. The zero-order valence-electron chi connectivity index (χ0n) is 28.3. The minimum Gasteiger partial charge on any atom is -0.436 e. The van der Waals surface area contributed by atoms with Gasteiger partial charge >= 0.3 is 0 Å². The van der Waals surface area contributed by atoms with Gasteiger partial charge in [0.25, 0.3) is 0 Å². The Balaban J connectivity index is 1.07. The third-order valence-electron chi connectivity index (χ3n) is 10.1. The Labute approximate surface area is 301 Å². The van der Waals surface area contributed by atoms with Crippen LogP contribution in [0.25, 0.3) is 94.6 Å². The van der Waals surface area contributed by atoms with Crippen LogP contribution in [0.2, 0.25) is 0 Å². The summed E-state index contributed by atoms with van der Waals surface area (Å²) in [7, 11) is 0. The zero-order valence-corrected chi connectivity index (χ0v) is 28.3. The van der Waals surface area contributed by atoms with E-state index in [1.165, 1.54) is 44.1 Å². The highest BCUT2D eigenvalue weighted by Gasteiger charge is 2.17. The van der Waals surface area contributed by atoms with Crippen LogP contribution in [-0.4, -0.2) is 9.55 Å². The average Bonchev–Trinajstić information content (AvgIpc) is 3.81. The number of fused-ring (bicyclic) bond motifs is 4. The summed E-state index contributed by atoms with van der Waals surface area (Å²) in [5, 5.41) is 2.49. The summed E-state index contributed by atoms with van der Waals surface area (Å²) < 4.78 is 8.94. The van der Waals surface area contributed by atoms with Gasteiger partial charge in [0.15, 0.2) is 5.58 Å². The molecule has 0 unspecified atom stereocenters. The van der Waals surface area contributed by atoms with Crippen LogP contribution in [0.3, 0.4) is 0 Å². The molecular weight excluding hydrogens is 633 g/mol. The highest BCUT2D eigenvalue weighted by atomic mass is 16.3. The Bertz CT molecular complexity index is 2790. The van der Waals surface area contributed by atoms with Crippen LogP contribution in [-0.2, 0) is 0 Å². The number of aromatic nitrogens is 2. The molecule has 0 spiro atoms. The van der Waals surface area contributed by atoms with E-state index in [4.69, 9.17) is 9.40 Å². The van der Waals surface area contributed by atoms with E-state index in [1.807, 2.05) is 12.1 Å². The second-order valence-corrected chi connectivity index (χ2v) is 13.2. The van der Waals surface area contributed by atoms with E-state index in [9.17, 15) is 0 Å². The molecule has 2 heterocycles. The minimum atomic E-state index is 0.600. The molecule has 0 radical (unpaired) electrons. The number of hydrogen-bond donors (Lipinski definition) is 0. The summed E-state index contributed by atoms with van der Waals surface area (Å²) in [5.41, 5.74) is 15.1. The number of para-hydroxylation sites is 2. The number of nitrogens with zero attached hydrogens (tertiary/aromatic N) is 2. The predicted molar refractivity (Wildman–Crippen MR) is 216 cm³/mol. The van der Waals surface area contributed by atoms with E-state index in [2.05, 4.69) is 187 Å². The van der Waals surface area contributed by atoms with Crippen LogP contribution in [0, 0.1) is 0 Å². The molecule has 0 N–H and O–H groups in total. The fourth-order valence-corrected chi connectivity index (χ4v) is 7.45. The second-order valence-electron chi connectivity index (χ2n) is 13.2. The molecule has 0 amide bonds. The lowest BCUT2D eigenvalue weighted by Gasteiger charge is -2.09. The molecule has 0 aliphatic rings. The first kappa shape index (κ1) is 29.9. The van der Waals surface area contributed by atoms with E-state index in [-0.39, 0.29) is 0 Å². The van der Waals surface area contributed by atoms with Crippen molar-refractivity contribution < 1.29 is 4.42 Å². The van der Waals surface area contributed by atoms with Crippen molar-refractivity contribution in [1.29, 1.82) is 0 Å². The lowest BCUT2D eigenvalue weighted by Crippen LogP contribution is -1.93. The van der Waals surface area contributed by atoms with E-state index >= 15 is 0 Å². The molecule has 0 fully saturated rings. The lowest BCUT2D eigenvalue weighted by atomic mass is 9.95. The van der Waals surface area contributed by atoms with Crippen LogP contribution in [0.1, 0.15) is 0 Å². The highest BCUT2D eigenvalue weighted by molar-refractivity contribution is 6.09. The van der Waals surface area contributed by atoms with Gasteiger partial charge in [0.2, 0.25) is 5.89 Å².